The van der Waals surface area contributed by atoms with E-state index in [0.717, 1.165) is 30.4 Å². The zero-order chi connectivity index (χ0) is 14.5. The number of ether oxygens (including phenoxy) is 1. The van der Waals surface area contributed by atoms with Crippen molar-refractivity contribution in [1.82, 2.24) is 0 Å². The SMILES string of the molecule is CC(N)CCc1ccc(OC2CCC(C)C(C)C2)cc1. The van der Waals surface area contributed by atoms with E-state index in [1.165, 1.54) is 24.8 Å². The molecule has 0 saturated heterocycles. The summed E-state index contributed by atoms with van der Waals surface area (Å²) >= 11 is 0. The lowest BCUT2D eigenvalue weighted by atomic mass is 9.80. The molecule has 0 aliphatic heterocycles. The van der Waals surface area contributed by atoms with E-state index in [9.17, 15) is 0 Å². The van der Waals surface area contributed by atoms with Crippen LogP contribution in [-0.4, -0.2) is 12.1 Å². The minimum absolute atomic E-state index is 0.275. The molecule has 112 valence electrons. The molecule has 4 atom stereocenters. The van der Waals surface area contributed by atoms with Gasteiger partial charge in [0.05, 0.1) is 6.10 Å². The number of hydrogen-bond acceptors (Lipinski definition) is 2. The van der Waals surface area contributed by atoms with Gasteiger partial charge in [-0.25, -0.2) is 0 Å². The predicted octanol–water partition coefficient (Wildman–Crippen LogP) is 4.17. The van der Waals surface area contributed by atoms with Crippen LogP contribution in [0.15, 0.2) is 24.3 Å². The average Bonchev–Trinajstić information content (AvgIpc) is 2.42. The van der Waals surface area contributed by atoms with Crippen LogP contribution in [0.3, 0.4) is 0 Å². The van der Waals surface area contributed by atoms with Gasteiger partial charge in [0.1, 0.15) is 5.75 Å². The molecule has 1 fully saturated rings. The predicted molar refractivity (Wildman–Crippen MR) is 85.0 cm³/mol. The Labute approximate surface area is 123 Å². The quantitative estimate of drug-likeness (QED) is 0.875. The molecule has 0 aromatic heterocycles. The Morgan fingerprint density at radius 3 is 2.45 bits per heavy atom. The maximum Gasteiger partial charge on any atom is 0.119 e. The second-order valence-corrected chi connectivity index (χ2v) is 6.67. The molecule has 2 nitrogen and oxygen atoms in total. The third-order valence-corrected chi connectivity index (χ3v) is 4.66. The van der Waals surface area contributed by atoms with E-state index in [2.05, 4.69) is 45.0 Å². The Morgan fingerprint density at radius 2 is 1.85 bits per heavy atom. The molecule has 0 amide bonds. The Bertz CT molecular complexity index is 398. The molecule has 0 radical (unpaired) electrons. The van der Waals surface area contributed by atoms with Gasteiger partial charge in [-0.2, -0.15) is 0 Å². The molecule has 1 aromatic rings. The highest BCUT2D eigenvalue weighted by molar-refractivity contribution is 5.27. The molecule has 0 bridgehead atoms. The van der Waals surface area contributed by atoms with Gasteiger partial charge in [0.15, 0.2) is 0 Å². The molecule has 2 rings (SSSR count). The first-order valence-electron chi connectivity index (χ1n) is 8.05. The van der Waals surface area contributed by atoms with Crippen molar-refractivity contribution in [3.8, 4) is 5.75 Å². The van der Waals surface area contributed by atoms with Crippen molar-refractivity contribution in [1.29, 1.82) is 0 Å². The topological polar surface area (TPSA) is 35.2 Å². The molecule has 1 aliphatic rings. The molecular formula is C18H29NO. The van der Waals surface area contributed by atoms with Crippen molar-refractivity contribution in [3.05, 3.63) is 29.8 Å². The maximum atomic E-state index is 6.13. The van der Waals surface area contributed by atoms with Crippen LogP contribution in [0, 0.1) is 11.8 Å². The molecule has 2 N–H and O–H groups in total. The minimum atomic E-state index is 0.275. The zero-order valence-corrected chi connectivity index (χ0v) is 13.1. The van der Waals surface area contributed by atoms with Gasteiger partial charge in [-0.15, -0.1) is 0 Å². The second kappa shape index (κ2) is 7.12. The van der Waals surface area contributed by atoms with Crippen molar-refractivity contribution in [2.75, 3.05) is 0 Å². The lowest BCUT2D eigenvalue weighted by Gasteiger charge is -2.32. The normalized spacial score (nSPS) is 28.1. The standard InChI is InChI=1S/C18H29NO/c1-13-4-9-18(12-14(13)2)20-17-10-7-16(8-11-17)6-5-15(3)19/h7-8,10-11,13-15,18H,4-6,9,12,19H2,1-3H3. The molecule has 0 heterocycles. The second-order valence-electron chi connectivity index (χ2n) is 6.67. The fraction of sp³-hybridized carbons (Fsp3) is 0.667. The van der Waals surface area contributed by atoms with Gasteiger partial charge in [0, 0.05) is 6.04 Å². The number of nitrogens with two attached hydrogens (primary N) is 1. The first-order chi connectivity index (χ1) is 9.54. The summed E-state index contributed by atoms with van der Waals surface area (Å²) in [5, 5.41) is 0. The summed E-state index contributed by atoms with van der Waals surface area (Å²) in [5.74, 6) is 2.64. The molecule has 20 heavy (non-hydrogen) atoms. The molecule has 4 unspecified atom stereocenters. The summed E-state index contributed by atoms with van der Waals surface area (Å²) in [4.78, 5) is 0. The number of aryl methyl sites for hydroxylation is 1. The average molecular weight is 275 g/mol. The number of rotatable bonds is 5. The van der Waals surface area contributed by atoms with Crippen LogP contribution in [0.25, 0.3) is 0 Å². The Hall–Kier alpha value is -1.02. The van der Waals surface area contributed by atoms with Crippen LogP contribution >= 0.6 is 0 Å². The van der Waals surface area contributed by atoms with Gasteiger partial charge >= 0.3 is 0 Å². The Balaban J connectivity index is 1.84. The largest absolute Gasteiger partial charge is 0.490 e. The fourth-order valence-electron chi connectivity index (χ4n) is 2.93. The van der Waals surface area contributed by atoms with Crippen molar-refractivity contribution in [2.24, 2.45) is 17.6 Å². The molecular weight excluding hydrogens is 246 g/mol. The summed E-state index contributed by atoms with van der Waals surface area (Å²) in [6.07, 6.45) is 6.16. The van der Waals surface area contributed by atoms with E-state index >= 15 is 0 Å². The lowest BCUT2D eigenvalue weighted by Crippen LogP contribution is -2.28. The van der Waals surface area contributed by atoms with E-state index < -0.39 is 0 Å². The van der Waals surface area contributed by atoms with Gasteiger partial charge in [-0.1, -0.05) is 26.0 Å². The monoisotopic (exact) mass is 275 g/mol. The van der Waals surface area contributed by atoms with Crippen LogP contribution in [0.2, 0.25) is 0 Å². The molecule has 1 aromatic carbocycles. The number of benzene rings is 1. The van der Waals surface area contributed by atoms with Gasteiger partial charge in [0.25, 0.3) is 0 Å². The summed E-state index contributed by atoms with van der Waals surface area (Å²) in [5.41, 5.74) is 7.14. The van der Waals surface area contributed by atoms with E-state index in [1.807, 2.05) is 0 Å². The molecule has 1 saturated carbocycles. The summed E-state index contributed by atoms with van der Waals surface area (Å²) in [7, 11) is 0. The smallest absolute Gasteiger partial charge is 0.119 e. The number of hydrogen-bond donors (Lipinski definition) is 1. The fourth-order valence-corrected chi connectivity index (χ4v) is 2.93. The van der Waals surface area contributed by atoms with Crippen LogP contribution < -0.4 is 10.5 Å². The summed E-state index contributed by atoms with van der Waals surface area (Å²) < 4.78 is 6.13. The van der Waals surface area contributed by atoms with Gasteiger partial charge < -0.3 is 10.5 Å². The van der Waals surface area contributed by atoms with Crippen molar-refractivity contribution in [3.63, 3.8) is 0 Å². The van der Waals surface area contributed by atoms with Gasteiger partial charge in [-0.3, -0.25) is 0 Å². The summed E-state index contributed by atoms with van der Waals surface area (Å²) in [6, 6.07) is 8.84. The van der Waals surface area contributed by atoms with Crippen LogP contribution in [-0.2, 0) is 6.42 Å². The highest BCUT2D eigenvalue weighted by atomic mass is 16.5. The van der Waals surface area contributed by atoms with Crippen LogP contribution in [0.1, 0.15) is 52.0 Å². The zero-order valence-electron chi connectivity index (χ0n) is 13.1. The first kappa shape index (κ1) is 15.4. The van der Waals surface area contributed by atoms with Gasteiger partial charge in [-0.05, 0) is 68.6 Å². The van der Waals surface area contributed by atoms with E-state index in [4.69, 9.17) is 10.5 Å². The molecule has 0 spiro atoms. The molecule has 1 aliphatic carbocycles. The highest BCUT2D eigenvalue weighted by Crippen LogP contribution is 2.31. The summed E-state index contributed by atoms with van der Waals surface area (Å²) in [6.45, 7) is 6.76. The van der Waals surface area contributed by atoms with E-state index in [1.54, 1.807) is 0 Å². The van der Waals surface area contributed by atoms with Crippen molar-refractivity contribution < 1.29 is 4.74 Å². The van der Waals surface area contributed by atoms with Gasteiger partial charge in [0.2, 0.25) is 0 Å². The van der Waals surface area contributed by atoms with Crippen LogP contribution in [0.4, 0.5) is 0 Å². The van der Waals surface area contributed by atoms with E-state index in [0.29, 0.717) is 6.10 Å². The Kier molecular flexibility index (Phi) is 5.47. The van der Waals surface area contributed by atoms with Crippen molar-refractivity contribution >= 4 is 0 Å². The lowest BCUT2D eigenvalue weighted by molar-refractivity contribution is 0.101. The third kappa shape index (κ3) is 4.52. The third-order valence-electron chi connectivity index (χ3n) is 4.66. The maximum absolute atomic E-state index is 6.13. The van der Waals surface area contributed by atoms with Crippen molar-refractivity contribution in [2.45, 2.75) is 65.0 Å². The highest BCUT2D eigenvalue weighted by Gasteiger charge is 2.25. The Morgan fingerprint density at radius 1 is 1.15 bits per heavy atom. The van der Waals surface area contributed by atoms with E-state index in [-0.39, 0.29) is 6.04 Å². The first-order valence-corrected chi connectivity index (χ1v) is 8.05. The van der Waals surface area contributed by atoms with Crippen LogP contribution in [0.5, 0.6) is 5.75 Å². The minimum Gasteiger partial charge on any atom is -0.490 e. The molecule has 2 heteroatoms.